The van der Waals surface area contributed by atoms with Crippen LogP contribution in [0.2, 0.25) is 0 Å². The number of halogens is 1. The monoisotopic (exact) mass is 294 g/mol. The summed E-state index contributed by atoms with van der Waals surface area (Å²) < 4.78 is 18.7. The maximum absolute atomic E-state index is 13.3. The first-order chi connectivity index (χ1) is 10.1. The van der Waals surface area contributed by atoms with E-state index in [1.807, 2.05) is 23.9 Å². The smallest absolute Gasteiger partial charge is 0.254 e. The van der Waals surface area contributed by atoms with Crippen LogP contribution in [0.1, 0.15) is 23.2 Å². The largest absolute Gasteiger partial charge is 0.381 e. The molecule has 1 aromatic rings. The fourth-order valence-corrected chi connectivity index (χ4v) is 2.54. The molecule has 0 atom stereocenters. The van der Waals surface area contributed by atoms with Gasteiger partial charge in [-0.05, 0) is 45.1 Å². The molecule has 0 aromatic heterocycles. The second-order valence-corrected chi connectivity index (χ2v) is 5.66. The zero-order chi connectivity index (χ0) is 15.2. The summed E-state index contributed by atoms with van der Waals surface area (Å²) in [6, 6.07) is 6.10. The van der Waals surface area contributed by atoms with Gasteiger partial charge in [0.05, 0.1) is 0 Å². The number of benzene rings is 1. The van der Waals surface area contributed by atoms with Gasteiger partial charge in [0, 0.05) is 37.9 Å². The van der Waals surface area contributed by atoms with Crippen molar-refractivity contribution in [3.8, 4) is 0 Å². The summed E-state index contributed by atoms with van der Waals surface area (Å²) in [5.74, 6) is -0.469. The molecule has 0 saturated carbocycles. The van der Waals surface area contributed by atoms with Crippen molar-refractivity contribution in [3.63, 3.8) is 0 Å². The first kappa shape index (κ1) is 15.9. The van der Waals surface area contributed by atoms with E-state index in [1.165, 1.54) is 12.1 Å². The van der Waals surface area contributed by atoms with Gasteiger partial charge in [0.1, 0.15) is 5.82 Å². The number of carbonyl (C=O) groups is 1. The first-order valence-corrected chi connectivity index (χ1v) is 7.37. The normalized spacial score (nSPS) is 16.2. The van der Waals surface area contributed by atoms with Crippen LogP contribution in [0.15, 0.2) is 24.3 Å². The van der Waals surface area contributed by atoms with Crippen molar-refractivity contribution in [2.45, 2.75) is 18.9 Å². The maximum atomic E-state index is 13.3. The Hall–Kier alpha value is -1.46. The van der Waals surface area contributed by atoms with E-state index >= 15 is 0 Å². The van der Waals surface area contributed by atoms with Gasteiger partial charge in [-0.1, -0.05) is 6.07 Å². The molecule has 0 radical (unpaired) electrons. The molecule has 1 fully saturated rings. The molecule has 1 aromatic carbocycles. The fourth-order valence-electron chi connectivity index (χ4n) is 2.54. The number of hydrogen-bond acceptors (Lipinski definition) is 3. The zero-order valence-corrected chi connectivity index (χ0v) is 12.7. The van der Waals surface area contributed by atoms with Crippen molar-refractivity contribution in [1.82, 2.24) is 9.80 Å². The summed E-state index contributed by atoms with van der Waals surface area (Å²) in [4.78, 5) is 16.6. The summed E-state index contributed by atoms with van der Waals surface area (Å²) >= 11 is 0. The van der Waals surface area contributed by atoms with Gasteiger partial charge in [0.25, 0.3) is 5.91 Å². The van der Waals surface area contributed by atoms with Gasteiger partial charge in [-0.3, -0.25) is 4.79 Å². The lowest BCUT2D eigenvalue weighted by atomic mass is 10.1. The van der Waals surface area contributed by atoms with Crippen molar-refractivity contribution >= 4 is 5.91 Å². The predicted octanol–water partition coefficient (Wildman–Crippen LogP) is 2.01. The van der Waals surface area contributed by atoms with E-state index in [0.29, 0.717) is 25.3 Å². The molecular formula is C16H23FN2O2. The van der Waals surface area contributed by atoms with Crippen LogP contribution >= 0.6 is 0 Å². The number of nitrogens with zero attached hydrogens (tertiary/aromatic N) is 2. The average Bonchev–Trinajstić information content (AvgIpc) is 2.48. The van der Waals surface area contributed by atoms with Crippen molar-refractivity contribution < 1.29 is 13.9 Å². The highest BCUT2D eigenvalue weighted by atomic mass is 19.1. The van der Waals surface area contributed by atoms with Gasteiger partial charge in [-0.15, -0.1) is 0 Å². The Balaban J connectivity index is 2.14. The van der Waals surface area contributed by atoms with Crippen LogP contribution in [0.3, 0.4) is 0 Å². The molecule has 1 saturated heterocycles. The summed E-state index contributed by atoms with van der Waals surface area (Å²) in [6.07, 6.45) is 1.68. The number of likely N-dealkylation sites (N-methyl/N-ethyl adjacent to an activating group) is 1. The van der Waals surface area contributed by atoms with Crippen molar-refractivity contribution in [2.75, 3.05) is 40.4 Å². The van der Waals surface area contributed by atoms with Gasteiger partial charge >= 0.3 is 0 Å². The van der Waals surface area contributed by atoms with Crippen LogP contribution in [0.25, 0.3) is 0 Å². The summed E-state index contributed by atoms with van der Waals surface area (Å²) in [6.45, 7) is 2.80. The molecule has 21 heavy (non-hydrogen) atoms. The predicted molar refractivity (Wildman–Crippen MR) is 79.8 cm³/mol. The minimum Gasteiger partial charge on any atom is -0.381 e. The highest BCUT2D eigenvalue weighted by Crippen LogP contribution is 2.18. The molecule has 0 spiro atoms. The Morgan fingerprint density at radius 2 is 2.00 bits per heavy atom. The van der Waals surface area contributed by atoms with E-state index in [4.69, 9.17) is 4.74 Å². The van der Waals surface area contributed by atoms with E-state index in [2.05, 4.69) is 0 Å². The minimum atomic E-state index is -0.375. The first-order valence-electron chi connectivity index (χ1n) is 7.37. The van der Waals surface area contributed by atoms with Gasteiger partial charge in [0.15, 0.2) is 0 Å². The van der Waals surface area contributed by atoms with Gasteiger partial charge in [-0.25, -0.2) is 4.39 Å². The number of carbonyl (C=O) groups excluding carboxylic acids is 1. The van der Waals surface area contributed by atoms with E-state index in [9.17, 15) is 9.18 Å². The molecule has 1 heterocycles. The number of ether oxygens (including phenoxy) is 1. The molecule has 1 aliphatic heterocycles. The van der Waals surface area contributed by atoms with Crippen LogP contribution in [-0.2, 0) is 4.74 Å². The van der Waals surface area contributed by atoms with Gasteiger partial charge in [0.2, 0.25) is 0 Å². The van der Waals surface area contributed by atoms with Crippen molar-refractivity contribution in [3.05, 3.63) is 35.6 Å². The van der Waals surface area contributed by atoms with Crippen LogP contribution in [0.4, 0.5) is 4.39 Å². The minimum absolute atomic E-state index is 0.0942. The molecule has 2 rings (SSSR count). The molecule has 0 bridgehead atoms. The van der Waals surface area contributed by atoms with Gasteiger partial charge < -0.3 is 14.5 Å². The van der Waals surface area contributed by atoms with E-state index in [-0.39, 0.29) is 17.8 Å². The molecule has 0 unspecified atom stereocenters. The number of amides is 1. The lowest BCUT2D eigenvalue weighted by Crippen LogP contribution is -2.46. The Morgan fingerprint density at radius 1 is 1.29 bits per heavy atom. The molecule has 116 valence electrons. The third-order valence-corrected chi connectivity index (χ3v) is 3.75. The van der Waals surface area contributed by atoms with Crippen LogP contribution in [-0.4, -0.2) is 62.1 Å². The molecule has 5 heteroatoms. The second-order valence-electron chi connectivity index (χ2n) is 5.66. The molecular weight excluding hydrogens is 271 g/mol. The Bertz CT molecular complexity index is 473. The number of hydrogen-bond donors (Lipinski definition) is 0. The standard InChI is InChI=1S/C16H23FN2O2/c1-18(2)8-9-19(15-6-10-21-11-7-15)16(20)13-4-3-5-14(17)12-13/h3-5,12,15H,6-11H2,1-2H3. The zero-order valence-electron chi connectivity index (χ0n) is 12.7. The van der Waals surface area contributed by atoms with E-state index in [0.717, 1.165) is 19.4 Å². The third kappa shape index (κ3) is 4.51. The van der Waals surface area contributed by atoms with Crippen LogP contribution in [0, 0.1) is 5.82 Å². The van der Waals surface area contributed by atoms with Crippen molar-refractivity contribution in [2.24, 2.45) is 0 Å². The summed E-state index contributed by atoms with van der Waals surface area (Å²) in [5, 5.41) is 0. The Morgan fingerprint density at radius 3 is 2.62 bits per heavy atom. The summed E-state index contributed by atoms with van der Waals surface area (Å²) in [7, 11) is 3.96. The fraction of sp³-hybridized carbons (Fsp3) is 0.562. The lowest BCUT2D eigenvalue weighted by Gasteiger charge is -2.35. The molecule has 0 N–H and O–H groups in total. The topological polar surface area (TPSA) is 32.8 Å². The highest BCUT2D eigenvalue weighted by molar-refractivity contribution is 5.94. The molecule has 4 nitrogen and oxygen atoms in total. The second kappa shape index (κ2) is 7.52. The van der Waals surface area contributed by atoms with Gasteiger partial charge in [-0.2, -0.15) is 0 Å². The SMILES string of the molecule is CN(C)CCN(C(=O)c1cccc(F)c1)C1CCOCC1. The highest BCUT2D eigenvalue weighted by Gasteiger charge is 2.26. The quantitative estimate of drug-likeness (QED) is 0.833. The molecule has 1 aliphatic rings. The number of rotatable bonds is 5. The maximum Gasteiger partial charge on any atom is 0.254 e. The average molecular weight is 294 g/mol. The van der Waals surface area contributed by atoms with Crippen LogP contribution < -0.4 is 0 Å². The van der Waals surface area contributed by atoms with Crippen LogP contribution in [0.5, 0.6) is 0 Å². The Labute approximate surface area is 125 Å². The van der Waals surface area contributed by atoms with E-state index < -0.39 is 0 Å². The van der Waals surface area contributed by atoms with E-state index in [1.54, 1.807) is 12.1 Å². The lowest BCUT2D eigenvalue weighted by molar-refractivity contribution is 0.0275. The third-order valence-electron chi connectivity index (χ3n) is 3.75. The molecule has 0 aliphatic carbocycles. The molecule has 1 amide bonds. The summed E-state index contributed by atoms with van der Waals surface area (Å²) in [5.41, 5.74) is 0.417. The van der Waals surface area contributed by atoms with Crippen molar-refractivity contribution in [1.29, 1.82) is 0 Å². The Kier molecular flexibility index (Phi) is 5.70.